The van der Waals surface area contributed by atoms with Gasteiger partial charge in [0.05, 0.1) is 6.61 Å². The molecule has 0 aliphatic heterocycles. The Morgan fingerprint density at radius 1 is 1.31 bits per heavy atom. The largest absolute Gasteiger partial charge is 2.00 e. The smallest absolute Gasteiger partial charge is 0.519 e. The SMILES string of the molecule is CCCOc1cc[c-]cc1.[CH2-]C.[Mg+2]. The summed E-state index contributed by atoms with van der Waals surface area (Å²) < 4.78 is 5.34. The van der Waals surface area contributed by atoms with Crippen molar-refractivity contribution in [1.29, 1.82) is 0 Å². The van der Waals surface area contributed by atoms with Crippen LogP contribution in [0.25, 0.3) is 0 Å². The van der Waals surface area contributed by atoms with Crippen LogP contribution in [0.3, 0.4) is 0 Å². The van der Waals surface area contributed by atoms with E-state index in [1.165, 1.54) is 0 Å². The molecule has 0 N–H and O–H groups in total. The van der Waals surface area contributed by atoms with Gasteiger partial charge in [0.1, 0.15) is 0 Å². The van der Waals surface area contributed by atoms with Crippen molar-refractivity contribution >= 4 is 23.1 Å². The summed E-state index contributed by atoms with van der Waals surface area (Å²) in [5.41, 5.74) is 0. The maximum atomic E-state index is 5.34. The van der Waals surface area contributed by atoms with Gasteiger partial charge in [-0.3, -0.25) is 0 Å². The van der Waals surface area contributed by atoms with Crippen LogP contribution in [0.5, 0.6) is 5.75 Å². The standard InChI is InChI=1S/C9H11O.C2H5.Mg/c1-2-8-10-9-6-4-3-5-7-9;1-2;/h4-7H,2,8H2,1H3;1H2,2H3;/q2*-1;+2. The van der Waals surface area contributed by atoms with E-state index < -0.39 is 0 Å². The number of hydrogen-bond acceptors (Lipinski definition) is 1. The molecule has 0 aromatic heterocycles. The third-order valence-electron chi connectivity index (χ3n) is 1.16. The minimum atomic E-state index is 0. The molecule has 0 saturated heterocycles. The molecule has 2 heteroatoms. The second-order valence-corrected chi connectivity index (χ2v) is 2.08. The van der Waals surface area contributed by atoms with Gasteiger partial charge in [0.15, 0.2) is 0 Å². The van der Waals surface area contributed by atoms with Crippen LogP contribution in [0.1, 0.15) is 20.3 Å². The van der Waals surface area contributed by atoms with Crippen LogP contribution in [-0.2, 0) is 0 Å². The van der Waals surface area contributed by atoms with E-state index >= 15 is 0 Å². The summed E-state index contributed by atoms with van der Waals surface area (Å²) in [7, 11) is 0. The Morgan fingerprint density at radius 3 is 2.31 bits per heavy atom. The van der Waals surface area contributed by atoms with Crippen molar-refractivity contribution in [2.24, 2.45) is 0 Å². The molecule has 0 aliphatic rings. The molecule has 0 bridgehead atoms. The summed E-state index contributed by atoms with van der Waals surface area (Å²) in [6.45, 7) is 7.89. The van der Waals surface area contributed by atoms with Crippen molar-refractivity contribution < 1.29 is 4.74 Å². The van der Waals surface area contributed by atoms with E-state index in [2.05, 4.69) is 19.9 Å². The third kappa shape index (κ3) is 8.13. The average molecular weight is 189 g/mol. The molecule has 1 aromatic carbocycles. The molecule has 0 fully saturated rings. The Hall–Kier alpha value is -0.214. The summed E-state index contributed by atoms with van der Waals surface area (Å²) in [6, 6.07) is 10.5. The fraction of sp³-hybridized carbons (Fsp3) is 0.364. The molecule has 1 aromatic rings. The molecule has 1 rings (SSSR count). The van der Waals surface area contributed by atoms with Crippen LogP contribution < -0.4 is 4.74 Å². The second-order valence-electron chi connectivity index (χ2n) is 2.08. The molecule has 0 atom stereocenters. The van der Waals surface area contributed by atoms with Gasteiger partial charge in [0.25, 0.3) is 0 Å². The Kier molecular flexibility index (Phi) is 13.8. The zero-order valence-corrected chi connectivity index (χ0v) is 9.96. The fourth-order valence-corrected chi connectivity index (χ4v) is 0.688. The number of hydrogen-bond donors (Lipinski definition) is 0. The van der Waals surface area contributed by atoms with E-state index in [1.807, 2.05) is 24.3 Å². The number of rotatable bonds is 3. The molecule has 0 spiro atoms. The molecular formula is C11H16MgO. The van der Waals surface area contributed by atoms with E-state index in [9.17, 15) is 0 Å². The molecule has 13 heavy (non-hydrogen) atoms. The first kappa shape index (κ1) is 15.3. The van der Waals surface area contributed by atoms with Gasteiger partial charge in [-0.05, 0) is 6.42 Å². The first-order valence-electron chi connectivity index (χ1n) is 4.23. The minimum Gasteiger partial charge on any atom is -0.519 e. The van der Waals surface area contributed by atoms with E-state index in [0.29, 0.717) is 0 Å². The van der Waals surface area contributed by atoms with Crippen LogP contribution >= 0.6 is 0 Å². The number of benzene rings is 1. The van der Waals surface area contributed by atoms with Crippen molar-refractivity contribution in [3.05, 3.63) is 37.3 Å². The minimum absolute atomic E-state index is 0. The molecule has 0 aliphatic carbocycles. The van der Waals surface area contributed by atoms with Gasteiger partial charge in [-0.2, -0.15) is 25.1 Å². The van der Waals surface area contributed by atoms with E-state index in [0.717, 1.165) is 18.8 Å². The van der Waals surface area contributed by atoms with Crippen molar-refractivity contribution in [1.82, 2.24) is 0 Å². The first-order valence-corrected chi connectivity index (χ1v) is 4.23. The third-order valence-corrected chi connectivity index (χ3v) is 1.16. The topological polar surface area (TPSA) is 9.23 Å². The van der Waals surface area contributed by atoms with Gasteiger partial charge >= 0.3 is 23.1 Å². The average Bonchev–Trinajstić information content (AvgIpc) is 2.19. The molecule has 68 valence electrons. The van der Waals surface area contributed by atoms with E-state index in [1.54, 1.807) is 6.92 Å². The van der Waals surface area contributed by atoms with Crippen molar-refractivity contribution in [2.45, 2.75) is 20.3 Å². The summed E-state index contributed by atoms with van der Waals surface area (Å²) in [4.78, 5) is 0. The second kappa shape index (κ2) is 11.8. The van der Waals surface area contributed by atoms with Gasteiger partial charge in [-0.1, -0.05) is 6.92 Å². The van der Waals surface area contributed by atoms with Crippen LogP contribution in [0.4, 0.5) is 0 Å². The van der Waals surface area contributed by atoms with Crippen molar-refractivity contribution in [3.63, 3.8) is 0 Å². The van der Waals surface area contributed by atoms with Crippen LogP contribution in [-0.4, -0.2) is 29.7 Å². The monoisotopic (exact) mass is 188 g/mol. The summed E-state index contributed by atoms with van der Waals surface area (Å²) in [5.74, 6) is 0.931. The summed E-state index contributed by atoms with van der Waals surface area (Å²) in [6.07, 6.45) is 1.05. The summed E-state index contributed by atoms with van der Waals surface area (Å²) in [5, 5.41) is 0. The molecular weight excluding hydrogens is 172 g/mol. The number of ether oxygens (including phenoxy) is 1. The Morgan fingerprint density at radius 2 is 1.85 bits per heavy atom. The molecule has 0 radical (unpaired) electrons. The Labute approximate surface area is 97.6 Å². The van der Waals surface area contributed by atoms with Gasteiger partial charge in [-0.15, -0.1) is 12.1 Å². The quantitative estimate of drug-likeness (QED) is 0.524. The molecule has 0 saturated carbocycles. The Balaban J connectivity index is 0. The molecule has 0 heterocycles. The van der Waals surface area contributed by atoms with Gasteiger partial charge < -0.3 is 11.7 Å². The zero-order chi connectivity index (χ0) is 9.23. The van der Waals surface area contributed by atoms with E-state index in [-0.39, 0.29) is 23.1 Å². The first-order chi connectivity index (χ1) is 5.93. The molecule has 1 nitrogen and oxygen atoms in total. The van der Waals surface area contributed by atoms with Crippen molar-refractivity contribution in [2.75, 3.05) is 6.61 Å². The fourth-order valence-electron chi connectivity index (χ4n) is 0.688. The van der Waals surface area contributed by atoms with Gasteiger partial charge in [0, 0.05) is 5.75 Å². The Bertz CT molecular complexity index is 175. The van der Waals surface area contributed by atoms with Crippen LogP contribution in [0, 0.1) is 13.0 Å². The maximum Gasteiger partial charge on any atom is 2.00 e. The van der Waals surface area contributed by atoms with Gasteiger partial charge in [0.2, 0.25) is 0 Å². The maximum absolute atomic E-state index is 5.34. The van der Waals surface area contributed by atoms with E-state index in [4.69, 9.17) is 4.74 Å². The molecule has 0 amide bonds. The normalized spacial score (nSPS) is 7.62. The zero-order valence-electron chi connectivity index (χ0n) is 8.55. The summed E-state index contributed by atoms with van der Waals surface area (Å²) >= 11 is 0. The predicted molar refractivity (Wildman–Crippen MR) is 57.8 cm³/mol. The molecule has 0 unspecified atom stereocenters. The van der Waals surface area contributed by atoms with Gasteiger partial charge in [-0.25, -0.2) is 0 Å². The van der Waals surface area contributed by atoms with Crippen LogP contribution in [0.2, 0.25) is 0 Å². The van der Waals surface area contributed by atoms with Crippen molar-refractivity contribution in [3.8, 4) is 5.75 Å². The van der Waals surface area contributed by atoms with Crippen LogP contribution in [0.15, 0.2) is 24.3 Å². The predicted octanol–water partition coefficient (Wildman–Crippen LogP) is 2.74.